The van der Waals surface area contributed by atoms with Crippen LogP contribution in [0.1, 0.15) is 5.56 Å². The van der Waals surface area contributed by atoms with E-state index in [1.165, 1.54) is 19.4 Å². The number of carbonyl (C=O) groups excluding carboxylic acids is 2. The van der Waals surface area contributed by atoms with Crippen molar-refractivity contribution in [3.05, 3.63) is 47.2 Å². The second-order valence-corrected chi connectivity index (χ2v) is 4.78. The Morgan fingerprint density at radius 3 is 2.55 bits per heavy atom. The number of amides is 1. The Labute approximate surface area is 127 Å². The maximum absolute atomic E-state index is 13.5. The van der Waals surface area contributed by atoms with Gasteiger partial charge in [0.2, 0.25) is 0 Å². The quantitative estimate of drug-likeness (QED) is 0.467. The number of nitrogens with one attached hydrogen (secondary N) is 1. The number of rotatable bonds is 7. The fourth-order valence-corrected chi connectivity index (χ4v) is 1.66. The summed E-state index contributed by atoms with van der Waals surface area (Å²) in [6.45, 7) is -0.395. The summed E-state index contributed by atoms with van der Waals surface area (Å²) in [6.07, 6.45) is 1.36. The number of carbonyl (C=O) groups is 2. The van der Waals surface area contributed by atoms with Crippen LogP contribution in [0.15, 0.2) is 30.0 Å². The van der Waals surface area contributed by atoms with E-state index in [2.05, 4.69) is 5.32 Å². The molecule has 0 spiro atoms. The molecule has 0 unspecified atom stereocenters. The van der Waals surface area contributed by atoms with E-state index in [9.17, 15) is 18.4 Å². The molecule has 0 aliphatic rings. The van der Waals surface area contributed by atoms with Crippen molar-refractivity contribution in [2.45, 2.75) is 6.54 Å². The molecule has 0 aliphatic heterocycles. The Morgan fingerprint density at radius 2 is 2.00 bits per heavy atom. The molecular formula is C15H18F2N2O3. The van der Waals surface area contributed by atoms with E-state index < -0.39 is 23.3 Å². The molecular weight excluding hydrogens is 294 g/mol. The third kappa shape index (κ3) is 5.25. The smallest absolute Gasteiger partial charge is 0.256 e. The number of Topliss-reactive ketones (excluding diaryl/α,β-unsaturated/α-hetero) is 1. The van der Waals surface area contributed by atoms with Crippen LogP contribution in [-0.2, 0) is 20.9 Å². The summed E-state index contributed by atoms with van der Waals surface area (Å²) in [5, 5.41) is 2.43. The van der Waals surface area contributed by atoms with E-state index in [1.807, 2.05) is 0 Å². The highest BCUT2D eigenvalue weighted by Crippen LogP contribution is 2.09. The molecule has 0 fully saturated rings. The monoisotopic (exact) mass is 312 g/mol. The second kappa shape index (κ2) is 8.23. The van der Waals surface area contributed by atoms with Gasteiger partial charge in [-0.15, -0.1) is 0 Å². The molecule has 5 nitrogen and oxygen atoms in total. The Hall–Kier alpha value is -2.28. The predicted molar refractivity (Wildman–Crippen MR) is 76.9 cm³/mol. The topological polar surface area (TPSA) is 58.6 Å². The fraction of sp³-hybridized carbons (Fsp3) is 0.333. The standard InChI is InChI=1S/C15H18F2N2O3/c1-19(2)8-12(14(20)9-22-3)15(21)18-7-10-4-5-11(16)6-13(10)17/h4-6,8H,7,9H2,1-3H3,(H,18,21). The Balaban J connectivity index is 2.81. The molecule has 0 atom stereocenters. The first-order valence-corrected chi connectivity index (χ1v) is 6.47. The number of hydrogen-bond donors (Lipinski definition) is 1. The Morgan fingerprint density at radius 1 is 1.32 bits per heavy atom. The van der Waals surface area contributed by atoms with Crippen LogP contribution >= 0.6 is 0 Å². The van der Waals surface area contributed by atoms with Gasteiger partial charge in [-0.1, -0.05) is 6.07 Å². The maximum Gasteiger partial charge on any atom is 0.256 e. The van der Waals surface area contributed by atoms with Gasteiger partial charge in [0.05, 0.1) is 0 Å². The van der Waals surface area contributed by atoms with Crippen molar-refractivity contribution in [2.24, 2.45) is 0 Å². The predicted octanol–water partition coefficient (Wildman–Crippen LogP) is 1.24. The summed E-state index contributed by atoms with van der Waals surface area (Å²) in [5.74, 6) is -2.61. The van der Waals surface area contributed by atoms with Gasteiger partial charge in [-0.2, -0.15) is 0 Å². The number of ether oxygens (including phenoxy) is 1. The first-order chi connectivity index (χ1) is 10.3. The van der Waals surface area contributed by atoms with Gasteiger partial charge in [0.15, 0.2) is 5.78 Å². The highest BCUT2D eigenvalue weighted by Gasteiger charge is 2.18. The van der Waals surface area contributed by atoms with E-state index in [0.717, 1.165) is 12.1 Å². The van der Waals surface area contributed by atoms with Crippen LogP contribution in [-0.4, -0.2) is 44.4 Å². The van der Waals surface area contributed by atoms with Gasteiger partial charge < -0.3 is 15.0 Å². The molecule has 0 aromatic heterocycles. The second-order valence-electron chi connectivity index (χ2n) is 4.78. The molecule has 120 valence electrons. The van der Waals surface area contributed by atoms with E-state index in [4.69, 9.17) is 4.74 Å². The van der Waals surface area contributed by atoms with Crippen LogP contribution in [0.3, 0.4) is 0 Å². The molecule has 0 saturated heterocycles. The minimum atomic E-state index is -0.762. The molecule has 1 N–H and O–H groups in total. The van der Waals surface area contributed by atoms with Gasteiger partial charge in [-0.3, -0.25) is 9.59 Å². The molecule has 1 aromatic rings. The van der Waals surface area contributed by atoms with E-state index >= 15 is 0 Å². The lowest BCUT2D eigenvalue weighted by Crippen LogP contribution is -2.31. The van der Waals surface area contributed by atoms with Crippen LogP contribution in [0.5, 0.6) is 0 Å². The number of ketones is 1. The van der Waals surface area contributed by atoms with Gasteiger partial charge in [0, 0.05) is 45.6 Å². The van der Waals surface area contributed by atoms with E-state index in [1.54, 1.807) is 19.0 Å². The molecule has 0 bridgehead atoms. The minimum absolute atomic E-state index is 0.102. The fourth-order valence-electron chi connectivity index (χ4n) is 1.66. The molecule has 1 aromatic carbocycles. The molecule has 22 heavy (non-hydrogen) atoms. The maximum atomic E-state index is 13.5. The highest BCUT2D eigenvalue weighted by molar-refractivity contribution is 6.19. The summed E-state index contributed by atoms with van der Waals surface area (Å²) in [4.78, 5) is 25.4. The first-order valence-electron chi connectivity index (χ1n) is 6.47. The van der Waals surface area contributed by atoms with Gasteiger partial charge in [-0.25, -0.2) is 8.78 Å². The van der Waals surface area contributed by atoms with Crippen molar-refractivity contribution in [1.29, 1.82) is 0 Å². The number of hydrogen-bond acceptors (Lipinski definition) is 4. The Kier molecular flexibility index (Phi) is 6.65. The molecule has 1 amide bonds. The highest BCUT2D eigenvalue weighted by atomic mass is 19.1. The zero-order valence-electron chi connectivity index (χ0n) is 12.7. The molecule has 0 radical (unpaired) electrons. The van der Waals surface area contributed by atoms with Gasteiger partial charge in [0.1, 0.15) is 23.8 Å². The first kappa shape index (κ1) is 17.8. The van der Waals surface area contributed by atoms with Gasteiger partial charge in [-0.05, 0) is 6.07 Å². The van der Waals surface area contributed by atoms with Crippen molar-refractivity contribution in [1.82, 2.24) is 10.2 Å². The van der Waals surface area contributed by atoms with Crippen molar-refractivity contribution < 1.29 is 23.1 Å². The molecule has 7 heteroatoms. The lowest BCUT2D eigenvalue weighted by atomic mass is 10.1. The summed E-state index contributed by atoms with van der Waals surface area (Å²) in [7, 11) is 4.66. The van der Waals surface area contributed by atoms with Crippen LogP contribution in [0, 0.1) is 11.6 Å². The average Bonchev–Trinajstić information content (AvgIpc) is 2.43. The number of nitrogens with zero attached hydrogens (tertiary/aromatic N) is 1. The number of halogens is 2. The molecule has 0 aliphatic carbocycles. The third-order valence-corrected chi connectivity index (χ3v) is 2.66. The SMILES string of the molecule is COCC(=O)C(=CN(C)C)C(=O)NCc1ccc(F)cc1F. The summed E-state index contributed by atoms with van der Waals surface area (Å²) in [5.41, 5.74) is 0.0208. The third-order valence-electron chi connectivity index (χ3n) is 2.66. The van der Waals surface area contributed by atoms with Crippen LogP contribution in [0.25, 0.3) is 0 Å². The zero-order chi connectivity index (χ0) is 16.7. The van der Waals surface area contributed by atoms with Crippen molar-refractivity contribution in [3.63, 3.8) is 0 Å². The van der Waals surface area contributed by atoms with Crippen molar-refractivity contribution >= 4 is 11.7 Å². The van der Waals surface area contributed by atoms with Crippen LogP contribution in [0.2, 0.25) is 0 Å². The lowest BCUT2D eigenvalue weighted by molar-refractivity contribution is -0.124. The molecule has 0 heterocycles. The van der Waals surface area contributed by atoms with Gasteiger partial charge >= 0.3 is 0 Å². The lowest BCUT2D eigenvalue weighted by Gasteiger charge is -2.12. The van der Waals surface area contributed by atoms with Crippen molar-refractivity contribution in [3.8, 4) is 0 Å². The summed E-state index contributed by atoms with van der Waals surface area (Å²) < 4.78 is 31.0. The molecule has 0 saturated carbocycles. The number of benzene rings is 1. The van der Waals surface area contributed by atoms with E-state index in [-0.39, 0.29) is 24.3 Å². The van der Waals surface area contributed by atoms with Gasteiger partial charge in [0.25, 0.3) is 5.91 Å². The normalized spacial score (nSPS) is 11.2. The zero-order valence-corrected chi connectivity index (χ0v) is 12.7. The summed E-state index contributed by atoms with van der Waals surface area (Å²) in [6, 6.07) is 3.06. The van der Waals surface area contributed by atoms with E-state index in [0.29, 0.717) is 0 Å². The van der Waals surface area contributed by atoms with Crippen LogP contribution in [0.4, 0.5) is 8.78 Å². The largest absolute Gasteiger partial charge is 0.383 e. The Bertz CT molecular complexity index is 586. The average molecular weight is 312 g/mol. The molecule has 1 rings (SSSR count). The number of methoxy groups -OCH3 is 1. The van der Waals surface area contributed by atoms with Crippen molar-refractivity contribution in [2.75, 3.05) is 27.8 Å². The minimum Gasteiger partial charge on any atom is -0.383 e. The summed E-state index contributed by atoms with van der Waals surface area (Å²) >= 11 is 0. The van der Waals surface area contributed by atoms with Crippen LogP contribution < -0.4 is 5.32 Å².